The highest BCUT2D eigenvalue weighted by atomic mass is 16.3. The molecule has 1 aromatic carbocycles. The van der Waals surface area contributed by atoms with E-state index in [-0.39, 0.29) is 6.61 Å². The third kappa shape index (κ3) is 3.38. The van der Waals surface area contributed by atoms with Crippen LogP contribution in [0, 0.1) is 0 Å². The van der Waals surface area contributed by atoms with Crippen LogP contribution in [0.3, 0.4) is 0 Å². The normalized spacial score (nSPS) is 22.6. The molecule has 0 spiro atoms. The summed E-state index contributed by atoms with van der Waals surface area (Å²) < 4.78 is 0. The van der Waals surface area contributed by atoms with E-state index in [1.807, 2.05) is 0 Å². The summed E-state index contributed by atoms with van der Waals surface area (Å²) in [7, 11) is 0. The molecule has 3 rings (SSSR count). The standard InChI is InChI=1S/C17H25N3O/c21-13-9-15-4-1-2-12-20(15)16-7-5-14(6-8-16)17-18-10-3-11-19-17/h5-8,15,21H,1-4,9-13H2,(H,18,19). The van der Waals surface area contributed by atoms with Crippen LogP contribution >= 0.6 is 0 Å². The Morgan fingerprint density at radius 1 is 1.19 bits per heavy atom. The van der Waals surface area contributed by atoms with E-state index in [9.17, 15) is 5.11 Å². The van der Waals surface area contributed by atoms with Crippen molar-refractivity contribution in [2.75, 3.05) is 31.1 Å². The minimum atomic E-state index is 0.278. The van der Waals surface area contributed by atoms with Gasteiger partial charge < -0.3 is 15.3 Å². The molecule has 4 nitrogen and oxygen atoms in total. The average Bonchev–Trinajstić information content (AvgIpc) is 2.57. The number of nitrogens with one attached hydrogen (secondary N) is 1. The fourth-order valence-corrected chi connectivity index (χ4v) is 3.33. The summed E-state index contributed by atoms with van der Waals surface area (Å²) in [6.45, 7) is 3.32. The van der Waals surface area contributed by atoms with Crippen LogP contribution < -0.4 is 10.2 Å². The van der Waals surface area contributed by atoms with Gasteiger partial charge in [0.25, 0.3) is 0 Å². The third-order valence-electron chi connectivity index (χ3n) is 4.46. The zero-order valence-electron chi connectivity index (χ0n) is 12.6. The molecule has 1 aromatic rings. The number of hydrogen-bond acceptors (Lipinski definition) is 4. The summed E-state index contributed by atoms with van der Waals surface area (Å²) in [6, 6.07) is 9.21. The Morgan fingerprint density at radius 3 is 2.76 bits per heavy atom. The van der Waals surface area contributed by atoms with E-state index in [1.54, 1.807) is 0 Å². The van der Waals surface area contributed by atoms with Gasteiger partial charge in [-0.25, -0.2) is 0 Å². The molecular weight excluding hydrogens is 262 g/mol. The Morgan fingerprint density at radius 2 is 2.05 bits per heavy atom. The van der Waals surface area contributed by atoms with Crippen LogP contribution in [0.25, 0.3) is 0 Å². The molecular formula is C17H25N3O. The van der Waals surface area contributed by atoms with Crippen molar-refractivity contribution < 1.29 is 5.11 Å². The van der Waals surface area contributed by atoms with Gasteiger partial charge in [0.1, 0.15) is 5.84 Å². The summed E-state index contributed by atoms with van der Waals surface area (Å²) >= 11 is 0. The Bertz CT molecular complexity index is 481. The molecule has 4 heteroatoms. The van der Waals surface area contributed by atoms with Gasteiger partial charge >= 0.3 is 0 Å². The van der Waals surface area contributed by atoms with E-state index in [2.05, 4.69) is 39.5 Å². The van der Waals surface area contributed by atoms with Gasteiger partial charge in [-0.15, -0.1) is 0 Å². The van der Waals surface area contributed by atoms with Crippen LogP contribution in [0.15, 0.2) is 29.3 Å². The maximum atomic E-state index is 9.25. The van der Waals surface area contributed by atoms with Crippen molar-refractivity contribution in [3.05, 3.63) is 29.8 Å². The molecule has 1 saturated heterocycles. The fraction of sp³-hybridized carbons (Fsp3) is 0.588. The number of benzene rings is 1. The van der Waals surface area contributed by atoms with Gasteiger partial charge in [0, 0.05) is 43.5 Å². The van der Waals surface area contributed by atoms with Crippen LogP contribution in [-0.4, -0.2) is 43.2 Å². The maximum Gasteiger partial charge on any atom is 0.128 e. The molecule has 2 heterocycles. The minimum absolute atomic E-state index is 0.278. The largest absolute Gasteiger partial charge is 0.396 e. The Kier molecular flexibility index (Phi) is 4.76. The first-order valence-electron chi connectivity index (χ1n) is 8.15. The topological polar surface area (TPSA) is 47.9 Å². The second kappa shape index (κ2) is 6.94. The average molecular weight is 287 g/mol. The fourth-order valence-electron chi connectivity index (χ4n) is 3.33. The molecule has 1 unspecified atom stereocenters. The van der Waals surface area contributed by atoms with Crippen LogP contribution in [0.1, 0.15) is 37.7 Å². The number of nitrogens with zero attached hydrogens (tertiary/aromatic N) is 2. The summed E-state index contributed by atoms with van der Waals surface area (Å²) in [4.78, 5) is 7.00. The molecule has 21 heavy (non-hydrogen) atoms. The van der Waals surface area contributed by atoms with Crippen molar-refractivity contribution in [2.45, 2.75) is 38.1 Å². The molecule has 0 bridgehead atoms. The van der Waals surface area contributed by atoms with Crippen LogP contribution in [0.4, 0.5) is 5.69 Å². The molecule has 0 aliphatic carbocycles. The van der Waals surface area contributed by atoms with Gasteiger partial charge in [-0.2, -0.15) is 0 Å². The first-order chi connectivity index (χ1) is 10.4. The predicted octanol–water partition coefficient (Wildman–Crippen LogP) is 2.17. The van der Waals surface area contributed by atoms with E-state index in [4.69, 9.17) is 0 Å². The quantitative estimate of drug-likeness (QED) is 0.892. The summed E-state index contributed by atoms with van der Waals surface area (Å²) in [5.74, 6) is 1.03. The first kappa shape index (κ1) is 14.4. The highest BCUT2D eigenvalue weighted by molar-refractivity contribution is 5.99. The van der Waals surface area contributed by atoms with Gasteiger partial charge in [-0.1, -0.05) is 0 Å². The van der Waals surface area contributed by atoms with E-state index in [0.29, 0.717) is 6.04 Å². The highest BCUT2D eigenvalue weighted by Crippen LogP contribution is 2.26. The molecule has 1 fully saturated rings. The van der Waals surface area contributed by atoms with Gasteiger partial charge in [0.05, 0.1) is 0 Å². The molecule has 0 radical (unpaired) electrons. The van der Waals surface area contributed by atoms with E-state index < -0.39 is 0 Å². The third-order valence-corrected chi connectivity index (χ3v) is 4.46. The number of anilines is 1. The SMILES string of the molecule is OCCC1CCCCN1c1ccc(C2=NCCCN2)cc1. The van der Waals surface area contributed by atoms with E-state index in [1.165, 1.54) is 30.5 Å². The molecule has 0 aromatic heterocycles. The molecule has 1 atom stereocenters. The van der Waals surface area contributed by atoms with Crippen molar-refractivity contribution in [1.29, 1.82) is 0 Å². The number of aliphatic hydroxyl groups is 1. The lowest BCUT2D eigenvalue weighted by molar-refractivity contribution is 0.262. The molecule has 114 valence electrons. The first-order valence-corrected chi connectivity index (χ1v) is 8.15. The monoisotopic (exact) mass is 287 g/mol. The predicted molar refractivity (Wildman–Crippen MR) is 87.2 cm³/mol. The Balaban J connectivity index is 1.74. The number of aliphatic hydroxyl groups excluding tert-OH is 1. The smallest absolute Gasteiger partial charge is 0.128 e. The number of piperidine rings is 1. The summed E-state index contributed by atoms with van der Waals surface area (Å²) in [5, 5.41) is 12.6. The van der Waals surface area contributed by atoms with Gasteiger partial charge in [-0.3, -0.25) is 4.99 Å². The second-order valence-electron chi connectivity index (χ2n) is 5.91. The van der Waals surface area contributed by atoms with Crippen molar-refractivity contribution >= 4 is 11.5 Å². The lowest BCUT2D eigenvalue weighted by Gasteiger charge is -2.37. The number of amidine groups is 1. The van der Waals surface area contributed by atoms with Gasteiger partial charge in [0.2, 0.25) is 0 Å². The van der Waals surface area contributed by atoms with Crippen LogP contribution in [-0.2, 0) is 0 Å². The number of hydrogen-bond donors (Lipinski definition) is 2. The molecule has 0 amide bonds. The van der Waals surface area contributed by atoms with Gasteiger partial charge in [-0.05, 0) is 56.4 Å². The lowest BCUT2D eigenvalue weighted by atomic mass is 9.98. The highest BCUT2D eigenvalue weighted by Gasteiger charge is 2.22. The van der Waals surface area contributed by atoms with Crippen molar-refractivity contribution in [3.63, 3.8) is 0 Å². The Labute approximate surface area is 126 Å². The summed E-state index contributed by atoms with van der Waals surface area (Å²) in [5.41, 5.74) is 2.45. The van der Waals surface area contributed by atoms with Crippen molar-refractivity contribution in [1.82, 2.24) is 5.32 Å². The zero-order chi connectivity index (χ0) is 14.5. The summed E-state index contributed by atoms with van der Waals surface area (Å²) in [6.07, 6.45) is 5.71. The van der Waals surface area contributed by atoms with Gasteiger partial charge in [0.15, 0.2) is 0 Å². The zero-order valence-corrected chi connectivity index (χ0v) is 12.6. The van der Waals surface area contributed by atoms with E-state index in [0.717, 1.165) is 38.3 Å². The van der Waals surface area contributed by atoms with Crippen molar-refractivity contribution in [3.8, 4) is 0 Å². The van der Waals surface area contributed by atoms with E-state index >= 15 is 0 Å². The lowest BCUT2D eigenvalue weighted by Crippen LogP contribution is -2.40. The Hall–Kier alpha value is -1.55. The van der Waals surface area contributed by atoms with Crippen LogP contribution in [0.2, 0.25) is 0 Å². The second-order valence-corrected chi connectivity index (χ2v) is 5.91. The molecule has 2 aliphatic rings. The molecule has 0 saturated carbocycles. The molecule has 2 aliphatic heterocycles. The molecule has 2 N–H and O–H groups in total. The number of aliphatic imine (C=N–C) groups is 1. The van der Waals surface area contributed by atoms with Crippen LogP contribution in [0.5, 0.6) is 0 Å². The van der Waals surface area contributed by atoms with Crippen molar-refractivity contribution in [2.24, 2.45) is 4.99 Å². The number of rotatable bonds is 4. The minimum Gasteiger partial charge on any atom is -0.396 e. The maximum absolute atomic E-state index is 9.25.